The number of carbonyl (C=O) groups excluding carboxylic acids is 1. The molecule has 0 atom stereocenters. The van der Waals surface area contributed by atoms with Crippen molar-refractivity contribution in [2.45, 2.75) is 33.8 Å². The topological polar surface area (TPSA) is 38.3 Å². The average molecular weight is 297 g/mol. The predicted octanol–water partition coefficient (Wildman–Crippen LogP) is 4.64. The number of para-hydroxylation sites is 2. The minimum atomic E-state index is -0.0378. The summed E-state index contributed by atoms with van der Waals surface area (Å²) in [7, 11) is 0. The van der Waals surface area contributed by atoms with Crippen LogP contribution in [0.3, 0.4) is 0 Å². The van der Waals surface area contributed by atoms with Crippen LogP contribution in [0.1, 0.15) is 32.8 Å². The Morgan fingerprint density at radius 3 is 2.32 bits per heavy atom. The first-order valence-electron chi connectivity index (χ1n) is 7.50. The molecule has 2 aromatic carbocycles. The van der Waals surface area contributed by atoms with Crippen LogP contribution in [0.5, 0.6) is 5.75 Å². The molecule has 3 nitrogen and oxygen atoms in total. The molecule has 1 N–H and O–H groups in total. The molecule has 2 rings (SSSR count). The van der Waals surface area contributed by atoms with Crippen molar-refractivity contribution >= 4 is 11.6 Å². The number of amides is 1. The van der Waals surface area contributed by atoms with Crippen molar-refractivity contribution in [3.8, 4) is 5.75 Å². The highest BCUT2D eigenvalue weighted by Gasteiger charge is 2.17. The molecule has 22 heavy (non-hydrogen) atoms. The van der Waals surface area contributed by atoms with E-state index in [-0.39, 0.29) is 11.3 Å². The zero-order valence-corrected chi connectivity index (χ0v) is 13.4. The van der Waals surface area contributed by atoms with E-state index >= 15 is 0 Å². The van der Waals surface area contributed by atoms with Gasteiger partial charge in [-0.2, -0.15) is 0 Å². The van der Waals surface area contributed by atoms with Gasteiger partial charge in [-0.05, 0) is 23.1 Å². The Kier molecular flexibility index (Phi) is 5.21. The maximum Gasteiger partial charge on any atom is 0.224 e. The molecule has 3 heteroatoms. The van der Waals surface area contributed by atoms with Gasteiger partial charge in [-0.1, -0.05) is 63.2 Å². The van der Waals surface area contributed by atoms with Gasteiger partial charge in [0.2, 0.25) is 5.91 Å². The third-order valence-corrected chi connectivity index (χ3v) is 3.09. The highest BCUT2D eigenvalue weighted by Crippen LogP contribution is 2.26. The number of benzene rings is 2. The second kappa shape index (κ2) is 7.12. The second-order valence-electron chi connectivity index (χ2n) is 6.56. The minimum absolute atomic E-state index is 0.00302. The molecule has 0 spiro atoms. The molecule has 116 valence electrons. The molecule has 0 unspecified atom stereocenters. The van der Waals surface area contributed by atoms with Crippen LogP contribution in [0.4, 0.5) is 5.69 Å². The number of ether oxygens (including phenoxy) is 1. The molecule has 0 aliphatic heterocycles. The lowest BCUT2D eigenvalue weighted by Crippen LogP contribution is -2.20. The SMILES string of the molecule is CC(C)(C)CC(=O)Nc1ccccc1OCc1ccccc1. The fraction of sp³-hybridized carbons (Fsp3) is 0.316. The summed E-state index contributed by atoms with van der Waals surface area (Å²) in [5.74, 6) is 0.692. The molecule has 0 aromatic heterocycles. The molecule has 0 aliphatic rings. The van der Waals surface area contributed by atoms with Gasteiger partial charge >= 0.3 is 0 Å². The van der Waals surface area contributed by atoms with Crippen LogP contribution in [0.15, 0.2) is 54.6 Å². The van der Waals surface area contributed by atoms with Gasteiger partial charge in [0.1, 0.15) is 12.4 Å². The molecule has 1 amide bonds. The van der Waals surface area contributed by atoms with Gasteiger partial charge in [0.15, 0.2) is 0 Å². The van der Waals surface area contributed by atoms with E-state index in [4.69, 9.17) is 4.74 Å². The van der Waals surface area contributed by atoms with Crippen molar-refractivity contribution in [2.75, 3.05) is 5.32 Å². The summed E-state index contributed by atoms with van der Waals surface area (Å²) >= 11 is 0. The standard InChI is InChI=1S/C19H23NO2/c1-19(2,3)13-18(21)20-16-11-7-8-12-17(16)22-14-15-9-5-4-6-10-15/h4-12H,13-14H2,1-3H3,(H,20,21). The van der Waals surface area contributed by atoms with Crippen LogP contribution in [0.2, 0.25) is 0 Å². The minimum Gasteiger partial charge on any atom is -0.487 e. The maximum atomic E-state index is 12.1. The van der Waals surface area contributed by atoms with E-state index in [0.29, 0.717) is 24.5 Å². The zero-order chi connectivity index (χ0) is 16.0. The van der Waals surface area contributed by atoms with Crippen LogP contribution in [0, 0.1) is 5.41 Å². The number of hydrogen-bond acceptors (Lipinski definition) is 2. The lowest BCUT2D eigenvalue weighted by atomic mass is 9.92. The van der Waals surface area contributed by atoms with Crippen molar-refractivity contribution < 1.29 is 9.53 Å². The quantitative estimate of drug-likeness (QED) is 0.873. The van der Waals surface area contributed by atoms with Gasteiger partial charge in [-0.3, -0.25) is 4.79 Å². The number of anilines is 1. The molecular weight excluding hydrogens is 274 g/mol. The highest BCUT2D eigenvalue weighted by atomic mass is 16.5. The first-order valence-corrected chi connectivity index (χ1v) is 7.50. The first kappa shape index (κ1) is 16.1. The molecule has 0 radical (unpaired) electrons. The van der Waals surface area contributed by atoms with Crippen molar-refractivity contribution in [3.05, 3.63) is 60.2 Å². The molecule has 0 bridgehead atoms. The summed E-state index contributed by atoms with van der Waals surface area (Å²) in [6, 6.07) is 17.5. The van der Waals surface area contributed by atoms with Crippen LogP contribution in [0.25, 0.3) is 0 Å². The van der Waals surface area contributed by atoms with E-state index in [1.54, 1.807) is 0 Å². The van der Waals surface area contributed by atoms with E-state index in [1.807, 2.05) is 75.4 Å². The first-order chi connectivity index (χ1) is 10.4. The molecule has 2 aromatic rings. The van der Waals surface area contributed by atoms with Crippen molar-refractivity contribution in [3.63, 3.8) is 0 Å². The van der Waals surface area contributed by atoms with E-state index in [2.05, 4.69) is 5.32 Å². The number of rotatable bonds is 5. The summed E-state index contributed by atoms with van der Waals surface area (Å²) in [5, 5.41) is 2.94. The maximum absolute atomic E-state index is 12.1. The van der Waals surface area contributed by atoms with Crippen molar-refractivity contribution in [1.82, 2.24) is 0 Å². The summed E-state index contributed by atoms with van der Waals surface area (Å²) in [6.45, 7) is 6.62. The fourth-order valence-corrected chi connectivity index (χ4v) is 2.11. The second-order valence-corrected chi connectivity index (χ2v) is 6.56. The average Bonchev–Trinajstić information content (AvgIpc) is 2.45. The number of hydrogen-bond donors (Lipinski definition) is 1. The van der Waals surface area contributed by atoms with Gasteiger partial charge in [0.05, 0.1) is 5.69 Å². The fourth-order valence-electron chi connectivity index (χ4n) is 2.11. The largest absolute Gasteiger partial charge is 0.487 e. The molecule has 0 saturated heterocycles. The van der Waals surface area contributed by atoms with Crippen LogP contribution < -0.4 is 10.1 Å². The van der Waals surface area contributed by atoms with Crippen molar-refractivity contribution in [1.29, 1.82) is 0 Å². The third kappa shape index (κ3) is 5.24. The smallest absolute Gasteiger partial charge is 0.224 e. The Balaban J connectivity index is 2.02. The molecular formula is C19H23NO2. The molecule has 0 aliphatic carbocycles. The molecule has 0 fully saturated rings. The van der Waals surface area contributed by atoms with Crippen LogP contribution >= 0.6 is 0 Å². The Bertz CT molecular complexity index is 615. The van der Waals surface area contributed by atoms with Crippen molar-refractivity contribution in [2.24, 2.45) is 5.41 Å². The summed E-state index contributed by atoms with van der Waals surface area (Å²) in [5.41, 5.74) is 1.77. The molecule has 0 saturated carbocycles. The highest BCUT2D eigenvalue weighted by molar-refractivity contribution is 5.92. The van der Waals surface area contributed by atoms with E-state index in [9.17, 15) is 4.79 Å². The van der Waals surface area contributed by atoms with E-state index in [1.165, 1.54) is 0 Å². The summed E-state index contributed by atoms with van der Waals surface area (Å²) < 4.78 is 5.84. The lowest BCUT2D eigenvalue weighted by Gasteiger charge is -2.18. The van der Waals surface area contributed by atoms with Gasteiger partial charge < -0.3 is 10.1 Å². The monoisotopic (exact) mass is 297 g/mol. The van der Waals surface area contributed by atoms with E-state index < -0.39 is 0 Å². The Hall–Kier alpha value is -2.29. The van der Waals surface area contributed by atoms with Gasteiger partial charge in [-0.25, -0.2) is 0 Å². The third-order valence-electron chi connectivity index (χ3n) is 3.09. The Morgan fingerprint density at radius 2 is 1.64 bits per heavy atom. The number of nitrogens with one attached hydrogen (secondary N) is 1. The van der Waals surface area contributed by atoms with Crippen LogP contribution in [-0.4, -0.2) is 5.91 Å². The summed E-state index contributed by atoms with van der Waals surface area (Å²) in [6.07, 6.45) is 0.472. The Morgan fingerprint density at radius 1 is 1.00 bits per heavy atom. The molecule has 0 heterocycles. The van der Waals surface area contributed by atoms with Gasteiger partial charge in [0, 0.05) is 6.42 Å². The van der Waals surface area contributed by atoms with Crippen LogP contribution in [-0.2, 0) is 11.4 Å². The van der Waals surface area contributed by atoms with E-state index in [0.717, 1.165) is 5.56 Å². The van der Waals surface area contributed by atoms with Gasteiger partial charge in [0.25, 0.3) is 0 Å². The summed E-state index contributed by atoms with van der Waals surface area (Å²) in [4.78, 5) is 12.1. The normalized spacial score (nSPS) is 11.0. The zero-order valence-electron chi connectivity index (χ0n) is 13.4. The Labute approximate surface area is 132 Å². The number of carbonyl (C=O) groups is 1. The van der Waals surface area contributed by atoms with Gasteiger partial charge in [-0.15, -0.1) is 0 Å². The predicted molar refractivity (Wildman–Crippen MR) is 89.9 cm³/mol. The lowest BCUT2D eigenvalue weighted by molar-refractivity contribution is -0.117.